The molecule has 1 aliphatic carbocycles. The summed E-state index contributed by atoms with van der Waals surface area (Å²) in [5, 5.41) is 3.38. The Morgan fingerprint density at radius 2 is 2.21 bits per heavy atom. The van der Waals surface area contributed by atoms with Crippen molar-refractivity contribution in [2.24, 2.45) is 11.8 Å². The van der Waals surface area contributed by atoms with E-state index in [0.717, 1.165) is 24.7 Å². The molecule has 2 rings (SSSR count). The van der Waals surface area contributed by atoms with Gasteiger partial charge in [-0.05, 0) is 31.1 Å². The number of nitrogens with zero attached hydrogens (tertiary/aromatic N) is 2. The number of aromatic nitrogens is 2. The van der Waals surface area contributed by atoms with E-state index in [1.54, 1.807) is 6.33 Å². The molecule has 5 heteroatoms. The molecule has 0 radical (unpaired) electrons. The molecule has 1 fully saturated rings. The van der Waals surface area contributed by atoms with E-state index in [2.05, 4.69) is 22.2 Å². The van der Waals surface area contributed by atoms with Crippen molar-refractivity contribution in [2.75, 3.05) is 24.3 Å². The van der Waals surface area contributed by atoms with Crippen LogP contribution >= 0.6 is 11.6 Å². The number of ether oxygens (including phenoxy) is 1. The minimum atomic E-state index is 0.639. The van der Waals surface area contributed by atoms with Gasteiger partial charge in [-0.2, -0.15) is 0 Å². The maximum atomic E-state index is 5.99. The lowest BCUT2D eigenvalue weighted by molar-refractivity contribution is 0.305. The van der Waals surface area contributed by atoms with Crippen molar-refractivity contribution in [3.8, 4) is 5.88 Å². The summed E-state index contributed by atoms with van der Waals surface area (Å²) in [6.45, 7) is 3.70. The lowest BCUT2D eigenvalue weighted by atomic mass is 9.98. The first kappa shape index (κ1) is 14.4. The second-order valence-corrected chi connectivity index (χ2v) is 5.38. The van der Waals surface area contributed by atoms with Crippen molar-refractivity contribution >= 4 is 17.4 Å². The van der Waals surface area contributed by atoms with Crippen LogP contribution in [0.5, 0.6) is 5.88 Å². The Morgan fingerprint density at radius 3 is 3.00 bits per heavy atom. The molecule has 0 amide bonds. The van der Waals surface area contributed by atoms with Crippen LogP contribution in [0.25, 0.3) is 0 Å². The van der Waals surface area contributed by atoms with Gasteiger partial charge in [0.05, 0.1) is 6.61 Å². The summed E-state index contributed by atoms with van der Waals surface area (Å²) in [5.74, 6) is 3.54. The summed E-state index contributed by atoms with van der Waals surface area (Å²) >= 11 is 5.99. The van der Waals surface area contributed by atoms with Crippen LogP contribution in [0.3, 0.4) is 0 Å². The molecule has 0 spiro atoms. The number of halogens is 1. The fraction of sp³-hybridized carbons (Fsp3) is 0.714. The SMILES string of the molecule is CCCOc1cc(NCC2CCCC2CCl)ncn1. The van der Waals surface area contributed by atoms with Crippen LogP contribution in [0.15, 0.2) is 12.4 Å². The largest absolute Gasteiger partial charge is 0.478 e. The van der Waals surface area contributed by atoms with Gasteiger partial charge in [0.1, 0.15) is 12.1 Å². The number of nitrogens with one attached hydrogen (secondary N) is 1. The van der Waals surface area contributed by atoms with Crippen molar-refractivity contribution in [3.63, 3.8) is 0 Å². The molecule has 0 aromatic carbocycles. The van der Waals surface area contributed by atoms with E-state index in [-0.39, 0.29) is 0 Å². The van der Waals surface area contributed by atoms with Gasteiger partial charge in [0.2, 0.25) is 5.88 Å². The molecule has 0 bridgehead atoms. The van der Waals surface area contributed by atoms with Gasteiger partial charge in [0, 0.05) is 18.5 Å². The summed E-state index contributed by atoms with van der Waals surface area (Å²) in [6.07, 6.45) is 6.32. The Bertz CT molecular complexity index is 389. The lowest BCUT2D eigenvalue weighted by Crippen LogP contribution is -2.19. The molecule has 4 nitrogen and oxygen atoms in total. The second kappa shape index (κ2) is 7.53. The molecule has 106 valence electrons. The first-order valence-electron chi connectivity index (χ1n) is 7.08. The topological polar surface area (TPSA) is 47.0 Å². The zero-order valence-electron chi connectivity index (χ0n) is 11.4. The van der Waals surface area contributed by atoms with Crippen molar-refractivity contribution < 1.29 is 4.74 Å². The van der Waals surface area contributed by atoms with Crippen LogP contribution in [0.2, 0.25) is 0 Å². The third-order valence-corrected chi connectivity index (χ3v) is 4.05. The van der Waals surface area contributed by atoms with Crippen molar-refractivity contribution in [1.29, 1.82) is 0 Å². The quantitative estimate of drug-likeness (QED) is 0.780. The van der Waals surface area contributed by atoms with Gasteiger partial charge >= 0.3 is 0 Å². The zero-order valence-corrected chi connectivity index (χ0v) is 12.2. The average Bonchev–Trinajstić information content (AvgIpc) is 2.91. The lowest BCUT2D eigenvalue weighted by Gasteiger charge is -2.18. The molecule has 1 aromatic rings. The molecule has 0 saturated heterocycles. The predicted octanol–water partition coefficient (Wildman–Crippen LogP) is 3.33. The smallest absolute Gasteiger partial charge is 0.218 e. The second-order valence-electron chi connectivity index (χ2n) is 5.08. The fourth-order valence-corrected chi connectivity index (χ4v) is 2.95. The molecule has 1 saturated carbocycles. The number of alkyl halides is 1. The molecular weight excluding hydrogens is 262 g/mol. The summed E-state index contributed by atoms with van der Waals surface area (Å²) in [5.41, 5.74) is 0. The van der Waals surface area contributed by atoms with E-state index in [4.69, 9.17) is 16.3 Å². The molecule has 1 aliphatic rings. The summed E-state index contributed by atoms with van der Waals surface area (Å²) in [4.78, 5) is 8.32. The van der Waals surface area contributed by atoms with Gasteiger partial charge in [-0.25, -0.2) is 9.97 Å². The number of hydrogen-bond acceptors (Lipinski definition) is 4. The summed E-state index contributed by atoms with van der Waals surface area (Å²) in [7, 11) is 0. The minimum Gasteiger partial charge on any atom is -0.478 e. The molecule has 1 heterocycles. The van der Waals surface area contributed by atoms with Crippen molar-refractivity contribution in [3.05, 3.63) is 12.4 Å². The molecular formula is C14H22ClN3O. The Labute approximate surface area is 119 Å². The third-order valence-electron chi connectivity index (χ3n) is 3.66. The third kappa shape index (κ3) is 4.23. The van der Waals surface area contributed by atoms with Crippen LogP contribution in [0.4, 0.5) is 5.82 Å². The van der Waals surface area contributed by atoms with Gasteiger partial charge in [0.15, 0.2) is 0 Å². The number of rotatable bonds is 7. The first-order valence-corrected chi connectivity index (χ1v) is 7.61. The Balaban J connectivity index is 1.85. The van der Waals surface area contributed by atoms with E-state index >= 15 is 0 Å². The maximum Gasteiger partial charge on any atom is 0.218 e. The molecule has 1 aromatic heterocycles. The Hall–Kier alpha value is -1.03. The van der Waals surface area contributed by atoms with Crippen LogP contribution < -0.4 is 10.1 Å². The van der Waals surface area contributed by atoms with Gasteiger partial charge in [0.25, 0.3) is 0 Å². The molecule has 2 unspecified atom stereocenters. The standard InChI is InChI=1S/C14H22ClN3O/c1-2-6-19-14-7-13(17-10-18-14)16-9-12-5-3-4-11(12)8-15/h7,10-12H,2-6,8-9H2,1H3,(H,16,17,18). The van der Waals surface area contributed by atoms with Crippen LogP contribution in [0.1, 0.15) is 32.6 Å². The van der Waals surface area contributed by atoms with Gasteiger partial charge in [-0.15, -0.1) is 11.6 Å². The van der Waals surface area contributed by atoms with Crippen molar-refractivity contribution in [1.82, 2.24) is 9.97 Å². The highest BCUT2D eigenvalue weighted by Crippen LogP contribution is 2.32. The van der Waals surface area contributed by atoms with E-state index in [9.17, 15) is 0 Å². The predicted molar refractivity (Wildman–Crippen MR) is 77.9 cm³/mol. The fourth-order valence-electron chi connectivity index (χ4n) is 2.54. The summed E-state index contributed by atoms with van der Waals surface area (Å²) in [6, 6.07) is 1.86. The normalized spacial score (nSPS) is 22.4. The molecule has 2 atom stereocenters. The highest BCUT2D eigenvalue weighted by molar-refractivity contribution is 6.18. The number of hydrogen-bond donors (Lipinski definition) is 1. The maximum absolute atomic E-state index is 5.99. The average molecular weight is 284 g/mol. The monoisotopic (exact) mass is 283 g/mol. The highest BCUT2D eigenvalue weighted by Gasteiger charge is 2.26. The van der Waals surface area contributed by atoms with Crippen LogP contribution in [-0.2, 0) is 0 Å². The van der Waals surface area contributed by atoms with Gasteiger partial charge in [-0.1, -0.05) is 13.3 Å². The minimum absolute atomic E-state index is 0.639. The Kier molecular flexibility index (Phi) is 5.70. The van der Waals surface area contributed by atoms with E-state index in [1.807, 2.05) is 6.07 Å². The summed E-state index contributed by atoms with van der Waals surface area (Å²) < 4.78 is 5.50. The molecule has 19 heavy (non-hydrogen) atoms. The van der Waals surface area contributed by atoms with Gasteiger partial charge < -0.3 is 10.1 Å². The van der Waals surface area contributed by atoms with E-state index in [0.29, 0.717) is 24.3 Å². The Morgan fingerprint density at radius 1 is 1.37 bits per heavy atom. The number of anilines is 1. The van der Waals surface area contributed by atoms with Crippen LogP contribution in [0, 0.1) is 11.8 Å². The first-order chi connectivity index (χ1) is 9.33. The molecule has 1 N–H and O–H groups in total. The van der Waals surface area contributed by atoms with Crippen molar-refractivity contribution in [2.45, 2.75) is 32.6 Å². The van der Waals surface area contributed by atoms with Gasteiger partial charge in [-0.3, -0.25) is 0 Å². The highest BCUT2D eigenvalue weighted by atomic mass is 35.5. The van der Waals surface area contributed by atoms with E-state index in [1.165, 1.54) is 19.3 Å². The van der Waals surface area contributed by atoms with Crippen LogP contribution in [-0.4, -0.2) is 29.0 Å². The zero-order chi connectivity index (χ0) is 13.5. The molecule has 0 aliphatic heterocycles. The van der Waals surface area contributed by atoms with E-state index < -0.39 is 0 Å².